The Kier molecular flexibility index (Phi) is 2.51. The van der Waals surface area contributed by atoms with Crippen LogP contribution in [0, 0.1) is 5.41 Å². The van der Waals surface area contributed by atoms with Gasteiger partial charge in [-0.15, -0.1) is 0 Å². The van der Waals surface area contributed by atoms with Crippen molar-refractivity contribution in [2.45, 2.75) is 57.3 Å². The summed E-state index contributed by atoms with van der Waals surface area (Å²) in [4.78, 5) is 11.7. The second-order valence-electron chi connectivity index (χ2n) is 6.50. The fourth-order valence-electron chi connectivity index (χ4n) is 4.11. The molecule has 1 heterocycles. The van der Waals surface area contributed by atoms with Crippen LogP contribution in [-0.4, -0.2) is 34.0 Å². The molecule has 4 heteroatoms. The predicted octanol–water partition coefficient (Wildman–Crippen LogP) is 1.47. The van der Waals surface area contributed by atoms with Gasteiger partial charge < -0.3 is 14.9 Å². The SMILES string of the molecule is C=C1C(=O)O[C@H]2C3=C(C)C[C@H](O)C[C@]3(C)CC[C@@]12O. The van der Waals surface area contributed by atoms with E-state index >= 15 is 0 Å². The Morgan fingerprint density at radius 3 is 2.79 bits per heavy atom. The van der Waals surface area contributed by atoms with Crippen LogP contribution in [0.1, 0.15) is 39.5 Å². The zero-order chi connectivity index (χ0) is 14.0. The molecule has 0 aromatic heterocycles. The summed E-state index contributed by atoms with van der Waals surface area (Å²) in [6.07, 6.45) is 1.48. The van der Waals surface area contributed by atoms with Gasteiger partial charge in [0.2, 0.25) is 0 Å². The summed E-state index contributed by atoms with van der Waals surface area (Å²) < 4.78 is 5.39. The molecule has 1 saturated heterocycles. The lowest BCUT2D eigenvalue weighted by atomic mass is 9.58. The van der Waals surface area contributed by atoms with Crippen molar-refractivity contribution in [1.82, 2.24) is 0 Å². The largest absolute Gasteiger partial charge is 0.451 e. The number of aliphatic hydroxyl groups is 2. The predicted molar refractivity (Wildman–Crippen MR) is 69.3 cm³/mol. The second-order valence-corrected chi connectivity index (χ2v) is 6.50. The van der Waals surface area contributed by atoms with Crippen molar-refractivity contribution in [2.24, 2.45) is 5.41 Å². The average Bonchev–Trinajstić information content (AvgIpc) is 2.52. The Morgan fingerprint density at radius 1 is 1.42 bits per heavy atom. The van der Waals surface area contributed by atoms with E-state index in [0.717, 1.165) is 17.6 Å². The molecule has 4 atom stereocenters. The lowest BCUT2D eigenvalue weighted by Crippen LogP contribution is -2.52. The van der Waals surface area contributed by atoms with Gasteiger partial charge in [-0.1, -0.05) is 19.1 Å². The number of hydrogen-bond donors (Lipinski definition) is 2. The highest BCUT2D eigenvalue weighted by atomic mass is 16.6. The molecule has 4 nitrogen and oxygen atoms in total. The van der Waals surface area contributed by atoms with Crippen LogP contribution in [-0.2, 0) is 9.53 Å². The molecule has 2 aliphatic carbocycles. The van der Waals surface area contributed by atoms with E-state index in [0.29, 0.717) is 19.3 Å². The summed E-state index contributed by atoms with van der Waals surface area (Å²) in [6.45, 7) is 7.74. The average molecular weight is 264 g/mol. The standard InChI is InChI=1S/C15H20O4/c1-8-6-10(16)7-14(3)4-5-15(18)9(2)13(17)19-12(15)11(8)14/h10,12,16,18H,2,4-7H2,1,3H3/t10-,12-,14-,15+/m0/s1. The zero-order valence-corrected chi connectivity index (χ0v) is 11.4. The van der Waals surface area contributed by atoms with Crippen molar-refractivity contribution in [3.63, 3.8) is 0 Å². The minimum atomic E-state index is -1.25. The summed E-state index contributed by atoms with van der Waals surface area (Å²) in [6, 6.07) is 0. The quantitative estimate of drug-likeness (QED) is 0.395. The van der Waals surface area contributed by atoms with Crippen LogP contribution in [0.5, 0.6) is 0 Å². The molecule has 1 saturated carbocycles. The molecule has 0 amide bonds. The molecule has 0 bridgehead atoms. The summed E-state index contributed by atoms with van der Waals surface area (Å²) in [7, 11) is 0. The first-order valence-electron chi connectivity index (χ1n) is 6.79. The molecular formula is C15H20O4. The first kappa shape index (κ1) is 12.9. The van der Waals surface area contributed by atoms with Gasteiger partial charge in [-0.05, 0) is 43.6 Å². The number of rotatable bonds is 0. The monoisotopic (exact) mass is 264 g/mol. The van der Waals surface area contributed by atoms with E-state index in [-0.39, 0.29) is 17.1 Å². The highest BCUT2D eigenvalue weighted by molar-refractivity contribution is 5.93. The van der Waals surface area contributed by atoms with Crippen molar-refractivity contribution >= 4 is 5.97 Å². The lowest BCUT2D eigenvalue weighted by molar-refractivity contribution is -0.141. The summed E-state index contributed by atoms with van der Waals surface area (Å²) in [5.41, 5.74) is 0.760. The minimum absolute atomic E-state index is 0.172. The van der Waals surface area contributed by atoms with Gasteiger partial charge in [0.05, 0.1) is 11.7 Å². The molecule has 19 heavy (non-hydrogen) atoms. The number of hydrogen-bond acceptors (Lipinski definition) is 4. The molecule has 1 aliphatic heterocycles. The third kappa shape index (κ3) is 1.56. The summed E-state index contributed by atoms with van der Waals surface area (Å²) >= 11 is 0. The van der Waals surface area contributed by atoms with Crippen LogP contribution in [0.25, 0.3) is 0 Å². The number of carbonyl (C=O) groups excluding carboxylic acids is 1. The number of ether oxygens (including phenoxy) is 1. The van der Waals surface area contributed by atoms with Crippen LogP contribution in [0.15, 0.2) is 23.3 Å². The van der Waals surface area contributed by atoms with Crippen molar-refractivity contribution in [2.75, 3.05) is 0 Å². The van der Waals surface area contributed by atoms with Gasteiger partial charge in [-0.3, -0.25) is 0 Å². The van der Waals surface area contributed by atoms with E-state index in [2.05, 4.69) is 13.5 Å². The number of esters is 1. The number of carbonyl (C=O) groups is 1. The van der Waals surface area contributed by atoms with Crippen LogP contribution in [0.3, 0.4) is 0 Å². The van der Waals surface area contributed by atoms with E-state index in [1.165, 1.54) is 0 Å². The molecule has 0 aromatic rings. The fourth-order valence-corrected chi connectivity index (χ4v) is 4.11. The molecule has 3 rings (SSSR count). The summed E-state index contributed by atoms with van der Waals surface area (Å²) in [5, 5.41) is 20.7. The van der Waals surface area contributed by atoms with E-state index < -0.39 is 17.7 Å². The van der Waals surface area contributed by atoms with Gasteiger partial charge in [-0.25, -0.2) is 4.79 Å². The van der Waals surface area contributed by atoms with Crippen molar-refractivity contribution in [3.05, 3.63) is 23.3 Å². The normalized spacial score (nSPS) is 45.9. The van der Waals surface area contributed by atoms with E-state index in [4.69, 9.17) is 4.74 Å². The van der Waals surface area contributed by atoms with Crippen molar-refractivity contribution in [1.29, 1.82) is 0 Å². The Labute approximate surface area is 112 Å². The van der Waals surface area contributed by atoms with Gasteiger partial charge in [0.15, 0.2) is 6.10 Å². The number of fused-ring (bicyclic) bond motifs is 3. The van der Waals surface area contributed by atoms with Gasteiger partial charge in [0, 0.05) is 0 Å². The molecule has 3 aliphatic rings. The Balaban J connectivity index is 2.12. The molecule has 104 valence electrons. The maximum absolute atomic E-state index is 11.7. The van der Waals surface area contributed by atoms with Crippen LogP contribution in [0.2, 0.25) is 0 Å². The summed E-state index contributed by atoms with van der Waals surface area (Å²) in [5.74, 6) is -0.497. The van der Waals surface area contributed by atoms with Gasteiger partial charge in [0.1, 0.15) is 5.60 Å². The van der Waals surface area contributed by atoms with E-state index in [1.54, 1.807) is 0 Å². The minimum Gasteiger partial charge on any atom is -0.451 e. The van der Waals surface area contributed by atoms with E-state index in [1.807, 2.05) is 6.92 Å². The van der Waals surface area contributed by atoms with Crippen molar-refractivity contribution in [3.8, 4) is 0 Å². The molecular weight excluding hydrogens is 244 g/mol. The highest BCUT2D eigenvalue weighted by Crippen LogP contribution is 2.56. The van der Waals surface area contributed by atoms with Crippen molar-refractivity contribution < 1.29 is 19.7 Å². The molecule has 0 spiro atoms. The Hall–Kier alpha value is -1.13. The second kappa shape index (κ2) is 3.70. The highest BCUT2D eigenvalue weighted by Gasteiger charge is 2.60. The first-order valence-corrected chi connectivity index (χ1v) is 6.79. The molecule has 2 fully saturated rings. The molecule has 0 radical (unpaired) electrons. The molecule has 0 aromatic carbocycles. The topological polar surface area (TPSA) is 66.8 Å². The van der Waals surface area contributed by atoms with Crippen LogP contribution in [0.4, 0.5) is 0 Å². The van der Waals surface area contributed by atoms with Gasteiger partial charge in [0.25, 0.3) is 0 Å². The molecule has 0 unspecified atom stereocenters. The third-order valence-corrected chi connectivity index (χ3v) is 5.09. The maximum Gasteiger partial charge on any atom is 0.337 e. The van der Waals surface area contributed by atoms with Crippen LogP contribution >= 0.6 is 0 Å². The zero-order valence-electron chi connectivity index (χ0n) is 11.4. The number of aliphatic hydroxyl groups excluding tert-OH is 1. The van der Waals surface area contributed by atoms with Crippen LogP contribution < -0.4 is 0 Å². The Bertz CT molecular complexity index is 506. The Morgan fingerprint density at radius 2 is 2.11 bits per heavy atom. The first-order chi connectivity index (χ1) is 8.78. The smallest absolute Gasteiger partial charge is 0.337 e. The molecule has 2 N–H and O–H groups in total. The third-order valence-electron chi connectivity index (χ3n) is 5.09. The van der Waals surface area contributed by atoms with Gasteiger partial charge in [-0.2, -0.15) is 0 Å². The maximum atomic E-state index is 11.7. The van der Waals surface area contributed by atoms with E-state index in [9.17, 15) is 15.0 Å². The van der Waals surface area contributed by atoms with Gasteiger partial charge >= 0.3 is 5.97 Å². The fraction of sp³-hybridized carbons (Fsp3) is 0.667. The lowest BCUT2D eigenvalue weighted by Gasteiger charge is -2.49.